The molecule has 0 unspecified atom stereocenters. The highest BCUT2D eigenvalue weighted by molar-refractivity contribution is 6.00. The van der Waals surface area contributed by atoms with Crippen molar-refractivity contribution in [3.05, 3.63) is 29.8 Å². The number of rotatable bonds is 1. The quantitative estimate of drug-likeness (QED) is 0.860. The molecule has 1 saturated heterocycles. The lowest BCUT2D eigenvalue weighted by molar-refractivity contribution is -0.137. The summed E-state index contributed by atoms with van der Waals surface area (Å²) in [4.78, 5) is 17.4. The van der Waals surface area contributed by atoms with E-state index in [0.717, 1.165) is 25.1 Å². The lowest BCUT2D eigenvalue weighted by atomic mass is 10.2. The molecule has 1 heterocycles. The number of carbonyl (C=O) groups excluding carboxylic acids is 1. The molecule has 0 radical (unpaired) electrons. The first-order chi connectivity index (χ1) is 9.36. The molecule has 0 atom stereocenters. The van der Waals surface area contributed by atoms with Crippen LogP contribution in [0.2, 0.25) is 0 Å². The zero-order chi connectivity index (χ0) is 14.8. The van der Waals surface area contributed by atoms with Crippen LogP contribution < -0.4 is 5.32 Å². The van der Waals surface area contributed by atoms with Crippen LogP contribution in [0.3, 0.4) is 0 Å². The van der Waals surface area contributed by atoms with Crippen LogP contribution in [-0.2, 0) is 6.18 Å². The highest BCUT2D eigenvalue weighted by atomic mass is 19.4. The van der Waals surface area contributed by atoms with Crippen LogP contribution in [-0.4, -0.2) is 30.4 Å². The second-order valence-corrected chi connectivity index (χ2v) is 4.56. The number of amidine groups is 1. The van der Waals surface area contributed by atoms with E-state index >= 15 is 0 Å². The zero-order valence-corrected chi connectivity index (χ0v) is 10.9. The van der Waals surface area contributed by atoms with E-state index in [9.17, 15) is 18.0 Å². The van der Waals surface area contributed by atoms with Crippen molar-refractivity contribution in [3.8, 4) is 0 Å². The van der Waals surface area contributed by atoms with Gasteiger partial charge in [0.25, 0.3) is 0 Å². The molecule has 108 valence electrons. The maximum absolute atomic E-state index is 12.5. The maximum Gasteiger partial charge on any atom is 0.416 e. The number of nitrogens with one attached hydrogen (secondary N) is 1. The Balaban J connectivity index is 2.08. The minimum Gasteiger partial charge on any atom is -0.363 e. The number of likely N-dealkylation sites (tertiary alicyclic amines) is 1. The molecule has 1 fully saturated rings. The summed E-state index contributed by atoms with van der Waals surface area (Å²) >= 11 is 0. The van der Waals surface area contributed by atoms with Gasteiger partial charge < -0.3 is 10.2 Å². The van der Waals surface area contributed by atoms with Crippen molar-refractivity contribution in [3.63, 3.8) is 0 Å². The third kappa shape index (κ3) is 3.49. The Morgan fingerprint density at radius 2 is 2.15 bits per heavy atom. The molecule has 1 aliphatic heterocycles. The Kier molecular flexibility index (Phi) is 3.96. The van der Waals surface area contributed by atoms with Gasteiger partial charge in [0.15, 0.2) is 0 Å². The van der Waals surface area contributed by atoms with Gasteiger partial charge in [0.2, 0.25) is 0 Å². The molecule has 0 bridgehead atoms. The number of alkyl halides is 3. The molecule has 0 spiro atoms. The van der Waals surface area contributed by atoms with Gasteiger partial charge in [-0.15, -0.1) is 0 Å². The predicted octanol–water partition coefficient (Wildman–Crippen LogP) is 3.36. The van der Waals surface area contributed by atoms with E-state index in [1.165, 1.54) is 12.1 Å². The fourth-order valence-corrected chi connectivity index (χ4v) is 1.98. The number of carbonyl (C=O) groups is 1. The van der Waals surface area contributed by atoms with E-state index in [1.54, 1.807) is 0 Å². The SMILES string of the molecule is CN1CCCC1=NC(=O)Nc1cccc(C(F)(F)F)c1. The van der Waals surface area contributed by atoms with Gasteiger partial charge >= 0.3 is 12.2 Å². The van der Waals surface area contributed by atoms with Crippen LogP contribution >= 0.6 is 0 Å². The van der Waals surface area contributed by atoms with Crippen LogP contribution in [0.15, 0.2) is 29.3 Å². The summed E-state index contributed by atoms with van der Waals surface area (Å²) in [7, 11) is 1.82. The van der Waals surface area contributed by atoms with Gasteiger partial charge in [-0.3, -0.25) is 0 Å². The molecule has 2 amide bonds. The van der Waals surface area contributed by atoms with Gasteiger partial charge in [-0.25, -0.2) is 4.79 Å². The number of urea groups is 1. The first-order valence-corrected chi connectivity index (χ1v) is 6.13. The largest absolute Gasteiger partial charge is 0.416 e. The number of nitrogens with zero attached hydrogens (tertiary/aromatic N) is 2. The Morgan fingerprint density at radius 1 is 1.40 bits per heavy atom. The van der Waals surface area contributed by atoms with Crippen LogP contribution in [0.4, 0.5) is 23.7 Å². The van der Waals surface area contributed by atoms with Crippen molar-refractivity contribution >= 4 is 17.6 Å². The van der Waals surface area contributed by atoms with Crippen LogP contribution in [0.25, 0.3) is 0 Å². The molecule has 1 aliphatic rings. The Labute approximate surface area is 114 Å². The van der Waals surface area contributed by atoms with E-state index in [0.29, 0.717) is 12.3 Å². The topological polar surface area (TPSA) is 44.7 Å². The van der Waals surface area contributed by atoms with Crippen molar-refractivity contribution in [2.45, 2.75) is 19.0 Å². The molecular weight excluding hydrogens is 271 g/mol. The minimum atomic E-state index is -4.43. The van der Waals surface area contributed by atoms with E-state index in [4.69, 9.17) is 0 Å². The smallest absolute Gasteiger partial charge is 0.363 e. The van der Waals surface area contributed by atoms with Gasteiger partial charge in [0, 0.05) is 25.7 Å². The predicted molar refractivity (Wildman–Crippen MR) is 69.8 cm³/mol. The minimum absolute atomic E-state index is 0.0785. The molecule has 0 aliphatic carbocycles. The average molecular weight is 285 g/mol. The third-order valence-electron chi connectivity index (χ3n) is 3.01. The molecule has 0 saturated carbocycles. The second kappa shape index (κ2) is 5.52. The number of halogens is 3. The molecule has 1 N–H and O–H groups in total. The van der Waals surface area contributed by atoms with E-state index in [1.807, 2.05) is 11.9 Å². The maximum atomic E-state index is 12.5. The first kappa shape index (κ1) is 14.4. The van der Waals surface area contributed by atoms with Crippen molar-refractivity contribution in [2.75, 3.05) is 18.9 Å². The first-order valence-electron chi connectivity index (χ1n) is 6.13. The number of anilines is 1. The van der Waals surface area contributed by atoms with Crippen molar-refractivity contribution < 1.29 is 18.0 Å². The van der Waals surface area contributed by atoms with Gasteiger partial charge in [-0.05, 0) is 24.6 Å². The highest BCUT2D eigenvalue weighted by Gasteiger charge is 2.30. The summed E-state index contributed by atoms with van der Waals surface area (Å²) in [5, 5.41) is 2.35. The van der Waals surface area contributed by atoms with Gasteiger partial charge in [0.1, 0.15) is 5.84 Å². The monoisotopic (exact) mass is 285 g/mol. The molecular formula is C13H14F3N3O. The number of benzene rings is 1. The summed E-state index contributed by atoms with van der Waals surface area (Å²) < 4.78 is 37.6. The van der Waals surface area contributed by atoms with Crippen molar-refractivity contribution in [2.24, 2.45) is 4.99 Å². The molecule has 0 aromatic heterocycles. The zero-order valence-electron chi connectivity index (χ0n) is 10.9. The Bertz CT molecular complexity index is 540. The average Bonchev–Trinajstić information content (AvgIpc) is 2.74. The molecule has 7 heteroatoms. The van der Waals surface area contributed by atoms with Crippen molar-refractivity contribution in [1.29, 1.82) is 0 Å². The summed E-state index contributed by atoms with van der Waals surface area (Å²) in [6, 6.07) is 3.81. The fourth-order valence-electron chi connectivity index (χ4n) is 1.98. The van der Waals surface area contributed by atoms with Crippen molar-refractivity contribution in [1.82, 2.24) is 4.90 Å². The Morgan fingerprint density at radius 3 is 2.75 bits per heavy atom. The van der Waals surface area contributed by atoms with E-state index in [2.05, 4.69) is 10.3 Å². The van der Waals surface area contributed by atoms with Crippen LogP contribution in [0, 0.1) is 0 Å². The lowest BCUT2D eigenvalue weighted by Crippen LogP contribution is -2.21. The fraction of sp³-hybridized carbons (Fsp3) is 0.385. The van der Waals surface area contributed by atoms with Gasteiger partial charge in [-0.1, -0.05) is 6.07 Å². The number of aliphatic imine (C=N–C) groups is 1. The molecule has 20 heavy (non-hydrogen) atoms. The standard InChI is InChI=1S/C13H14F3N3O/c1-19-7-3-6-11(19)18-12(20)17-10-5-2-4-9(8-10)13(14,15)16/h2,4-5,8H,3,6-7H2,1H3,(H,17,20). The summed E-state index contributed by atoms with van der Waals surface area (Å²) in [6.07, 6.45) is -2.81. The van der Waals surface area contributed by atoms with Gasteiger partial charge in [-0.2, -0.15) is 18.2 Å². The highest BCUT2D eigenvalue weighted by Crippen LogP contribution is 2.30. The molecule has 1 aromatic rings. The normalized spacial score (nSPS) is 17.6. The molecule has 4 nitrogen and oxygen atoms in total. The lowest BCUT2D eigenvalue weighted by Gasteiger charge is -2.11. The summed E-state index contributed by atoms with van der Waals surface area (Å²) in [5.41, 5.74) is -0.726. The molecule has 2 rings (SSSR count). The third-order valence-corrected chi connectivity index (χ3v) is 3.01. The molecule has 1 aromatic carbocycles. The van der Waals surface area contributed by atoms with Crippen LogP contribution in [0.5, 0.6) is 0 Å². The number of hydrogen-bond acceptors (Lipinski definition) is 1. The van der Waals surface area contributed by atoms with Gasteiger partial charge in [0.05, 0.1) is 5.56 Å². The van der Waals surface area contributed by atoms with E-state index in [-0.39, 0.29) is 5.69 Å². The van der Waals surface area contributed by atoms with Crippen LogP contribution in [0.1, 0.15) is 18.4 Å². The summed E-state index contributed by atoms with van der Waals surface area (Å²) in [5.74, 6) is 0.648. The number of hydrogen-bond donors (Lipinski definition) is 1. The van der Waals surface area contributed by atoms with E-state index < -0.39 is 17.8 Å². The Hall–Kier alpha value is -2.05. The second-order valence-electron chi connectivity index (χ2n) is 4.56. The summed E-state index contributed by atoms with van der Waals surface area (Å²) in [6.45, 7) is 0.829. The number of amides is 2.